The highest BCUT2D eigenvalue weighted by atomic mass is 16.7. The summed E-state index contributed by atoms with van der Waals surface area (Å²) in [7, 11) is 0. The first kappa shape index (κ1) is 10.5. The van der Waals surface area contributed by atoms with Gasteiger partial charge in [0.2, 0.25) is 0 Å². The summed E-state index contributed by atoms with van der Waals surface area (Å²) in [5.74, 6) is -1.47. The van der Waals surface area contributed by atoms with Gasteiger partial charge in [0.15, 0.2) is 5.69 Å². The van der Waals surface area contributed by atoms with Crippen LogP contribution in [0.3, 0.4) is 0 Å². The number of aromatic nitrogens is 1. The molecule has 2 rings (SSSR count). The number of ether oxygens (including phenoxy) is 3. The fraction of sp³-hybridized carbons (Fsp3) is 0.400. The van der Waals surface area contributed by atoms with Crippen LogP contribution in [-0.2, 0) is 20.0 Å². The Labute approximate surface area is 91.8 Å². The van der Waals surface area contributed by atoms with Crippen LogP contribution in [0.5, 0.6) is 0 Å². The molecule has 0 radical (unpaired) electrons. The van der Waals surface area contributed by atoms with E-state index >= 15 is 0 Å². The van der Waals surface area contributed by atoms with Gasteiger partial charge in [-0.2, -0.15) is 4.98 Å². The summed E-state index contributed by atoms with van der Waals surface area (Å²) in [6, 6.07) is 0. The third-order valence-electron chi connectivity index (χ3n) is 2.02. The number of hydrogen-bond donors (Lipinski definition) is 0. The van der Waals surface area contributed by atoms with E-state index in [2.05, 4.69) is 4.98 Å². The van der Waals surface area contributed by atoms with Gasteiger partial charge in [0.1, 0.15) is 18.8 Å². The minimum atomic E-state index is -1.11. The molecule has 86 valence electrons. The Balaban J connectivity index is 2.16. The maximum atomic E-state index is 11.3. The number of nitrogens with zero attached hydrogens (tertiary/aromatic N) is 1. The molecule has 6 heteroatoms. The van der Waals surface area contributed by atoms with E-state index in [1.807, 2.05) is 0 Å². The first-order valence-corrected chi connectivity index (χ1v) is 4.79. The van der Waals surface area contributed by atoms with Crippen LogP contribution in [0.4, 0.5) is 0 Å². The minimum Gasteiger partial charge on any atom is -0.461 e. The average molecular weight is 225 g/mol. The van der Waals surface area contributed by atoms with E-state index in [9.17, 15) is 4.79 Å². The zero-order valence-corrected chi connectivity index (χ0v) is 8.93. The molecule has 0 atom stereocenters. The van der Waals surface area contributed by atoms with Crippen molar-refractivity contribution in [2.45, 2.75) is 19.6 Å². The van der Waals surface area contributed by atoms with Crippen molar-refractivity contribution in [1.82, 2.24) is 4.98 Å². The molecule has 0 saturated carbocycles. The van der Waals surface area contributed by atoms with Gasteiger partial charge in [-0.25, -0.2) is 4.79 Å². The molecule has 0 spiro atoms. The summed E-state index contributed by atoms with van der Waals surface area (Å²) < 4.78 is 20.2. The standard InChI is InChI=1S/C10H11NO5/c1-3-13-8(12)7-6-14-9(11-7)10(2)15-4-5-16-10/h4-6H,3H2,1-2H3. The van der Waals surface area contributed by atoms with Crippen LogP contribution in [0.1, 0.15) is 30.2 Å². The van der Waals surface area contributed by atoms with Gasteiger partial charge >= 0.3 is 11.8 Å². The molecule has 0 saturated heterocycles. The number of oxazole rings is 1. The summed E-state index contributed by atoms with van der Waals surface area (Å²) in [6.45, 7) is 3.63. The Morgan fingerprint density at radius 2 is 2.19 bits per heavy atom. The highest BCUT2D eigenvalue weighted by Crippen LogP contribution is 2.30. The summed E-state index contributed by atoms with van der Waals surface area (Å²) in [5.41, 5.74) is 0.0946. The Bertz CT molecular complexity index is 415. The van der Waals surface area contributed by atoms with Gasteiger partial charge in [-0.05, 0) is 6.92 Å². The van der Waals surface area contributed by atoms with Crippen molar-refractivity contribution in [2.24, 2.45) is 0 Å². The monoisotopic (exact) mass is 225 g/mol. The average Bonchev–Trinajstić information content (AvgIpc) is 2.86. The molecule has 0 bridgehead atoms. The van der Waals surface area contributed by atoms with Crippen molar-refractivity contribution in [3.05, 3.63) is 30.4 Å². The summed E-state index contributed by atoms with van der Waals surface area (Å²) in [6.07, 6.45) is 3.98. The smallest absolute Gasteiger partial charge is 0.360 e. The van der Waals surface area contributed by atoms with Gasteiger partial charge in [-0.3, -0.25) is 0 Å². The highest BCUT2D eigenvalue weighted by molar-refractivity contribution is 5.86. The van der Waals surface area contributed by atoms with E-state index in [4.69, 9.17) is 18.6 Å². The molecular weight excluding hydrogens is 214 g/mol. The van der Waals surface area contributed by atoms with Gasteiger partial charge in [-0.1, -0.05) is 0 Å². The normalized spacial score (nSPS) is 16.6. The number of carbonyl (C=O) groups excluding carboxylic acids is 1. The molecule has 0 aromatic carbocycles. The second-order valence-corrected chi connectivity index (χ2v) is 3.21. The van der Waals surface area contributed by atoms with Crippen molar-refractivity contribution in [3.8, 4) is 0 Å². The molecule has 1 aromatic heterocycles. The summed E-state index contributed by atoms with van der Waals surface area (Å²) >= 11 is 0. The van der Waals surface area contributed by atoms with Crippen LogP contribution in [0.25, 0.3) is 0 Å². The van der Waals surface area contributed by atoms with Crippen LogP contribution >= 0.6 is 0 Å². The van der Waals surface area contributed by atoms with Crippen molar-refractivity contribution in [3.63, 3.8) is 0 Å². The Morgan fingerprint density at radius 1 is 1.50 bits per heavy atom. The lowest BCUT2D eigenvalue weighted by Crippen LogP contribution is -2.23. The second-order valence-electron chi connectivity index (χ2n) is 3.21. The van der Waals surface area contributed by atoms with Gasteiger partial charge in [0.05, 0.1) is 6.61 Å². The van der Waals surface area contributed by atoms with E-state index < -0.39 is 11.8 Å². The third-order valence-corrected chi connectivity index (χ3v) is 2.02. The predicted molar refractivity (Wildman–Crippen MR) is 51.1 cm³/mol. The quantitative estimate of drug-likeness (QED) is 0.726. The zero-order chi connectivity index (χ0) is 11.6. The van der Waals surface area contributed by atoms with Crippen LogP contribution in [-0.4, -0.2) is 17.6 Å². The van der Waals surface area contributed by atoms with E-state index in [1.165, 1.54) is 18.8 Å². The molecule has 0 unspecified atom stereocenters. The maximum absolute atomic E-state index is 11.3. The molecule has 2 heterocycles. The van der Waals surface area contributed by atoms with E-state index in [-0.39, 0.29) is 18.2 Å². The number of hydrogen-bond acceptors (Lipinski definition) is 6. The van der Waals surface area contributed by atoms with Crippen LogP contribution in [0.15, 0.2) is 23.2 Å². The van der Waals surface area contributed by atoms with Crippen molar-refractivity contribution in [1.29, 1.82) is 0 Å². The first-order chi connectivity index (χ1) is 7.65. The second kappa shape index (κ2) is 3.88. The Hall–Kier alpha value is -1.98. The largest absolute Gasteiger partial charge is 0.461 e. The minimum absolute atomic E-state index is 0.0946. The van der Waals surface area contributed by atoms with E-state index in [0.29, 0.717) is 0 Å². The van der Waals surface area contributed by atoms with Gasteiger partial charge in [-0.15, -0.1) is 0 Å². The molecule has 0 amide bonds. The van der Waals surface area contributed by atoms with Crippen molar-refractivity contribution >= 4 is 5.97 Å². The lowest BCUT2D eigenvalue weighted by molar-refractivity contribution is -0.150. The van der Waals surface area contributed by atoms with Crippen molar-refractivity contribution in [2.75, 3.05) is 6.61 Å². The molecule has 6 nitrogen and oxygen atoms in total. The fourth-order valence-electron chi connectivity index (χ4n) is 1.22. The van der Waals surface area contributed by atoms with Gasteiger partial charge < -0.3 is 18.6 Å². The summed E-state index contributed by atoms with van der Waals surface area (Å²) in [5, 5.41) is 0. The van der Waals surface area contributed by atoms with Crippen LogP contribution in [0, 0.1) is 0 Å². The molecule has 1 aromatic rings. The van der Waals surface area contributed by atoms with E-state index in [0.717, 1.165) is 0 Å². The van der Waals surface area contributed by atoms with E-state index in [1.54, 1.807) is 13.8 Å². The molecule has 1 aliphatic rings. The Kier molecular flexibility index (Phi) is 2.55. The molecule has 0 aliphatic carbocycles. The highest BCUT2D eigenvalue weighted by Gasteiger charge is 2.38. The topological polar surface area (TPSA) is 70.8 Å². The molecule has 1 aliphatic heterocycles. The Morgan fingerprint density at radius 3 is 2.81 bits per heavy atom. The molecular formula is C10H11NO5. The first-order valence-electron chi connectivity index (χ1n) is 4.79. The fourth-order valence-corrected chi connectivity index (χ4v) is 1.22. The van der Waals surface area contributed by atoms with Crippen LogP contribution < -0.4 is 0 Å². The summed E-state index contributed by atoms with van der Waals surface area (Å²) in [4.78, 5) is 15.3. The SMILES string of the molecule is CCOC(=O)c1coc(C2(C)OC=CO2)n1. The maximum Gasteiger partial charge on any atom is 0.360 e. The van der Waals surface area contributed by atoms with Gasteiger partial charge in [0, 0.05) is 6.92 Å². The van der Waals surface area contributed by atoms with Crippen LogP contribution in [0.2, 0.25) is 0 Å². The zero-order valence-electron chi connectivity index (χ0n) is 8.93. The third kappa shape index (κ3) is 1.73. The molecule has 16 heavy (non-hydrogen) atoms. The number of carbonyl (C=O) groups is 1. The van der Waals surface area contributed by atoms with Crippen molar-refractivity contribution < 1.29 is 23.4 Å². The van der Waals surface area contributed by atoms with Gasteiger partial charge in [0.25, 0.3) is 5.89 Å². The number of rotatable bonds is 3. The lowest BCUT2D eigenvalue weighted by Gasteiger charge is -2.18. The molecule has 0 fully saturated rings. The predicted octanol–water partition coefficient (Wildman–Crippen LogP) is 1.54. The number of esters is 1. The lowest BCUT2D eigenvalue weighted by atomic mass is 10.3. The molecule has 0 N–H and O–H groups in total.